The van der Waals surface area contributed by atoms with Crippen molar-refractivity contribution in [2.45, 2.75) is 51.9 Å². The molecule has 0 spiro atoms. The zero-order chi connectivity index (χ0) is 13.0. The molecule has 1 atom stereocenters. The molecule has 1 heteroatoms. The lowest BCUT2D eigenvalue weighted by Gasteiger charge is -2.42. The Morgan fingerprint density at radius 3 is 2.33 bits per heavy atom. The van der Waals surface area contributed by atoms with Gasteiger partial charge >= 0.3 is 0 Å². The molecule has 1 unspecified atom stereocenters. The van der Waals surface area contributed by atoms with Crippen LogP contribution < -0.4 is 5.32 Å². The van der Waals surface area contributed by atoms with Crippen molar-refractivity contribution < 1.29 is 0 Å². The van der Waals surface area contributed by atoms with Gasteiger partial charge in [-0.2, -0.15) is 0 Å². The van der Waals surface area contributed by atoms with Gasteiger partial charge in [-0.3, -0.25) is 0 Å². The molecule has 1 aromatic carbocycles. The highest BCUT2D eigenvalue weighted by Crippen LogP contribution is 2.43. The van der Waals surface area contributed by atoms with E-state index in [4.69, 9.17) is 0 Å². The average molecular weight is 245 g/mol. The van der Waals surface area contributed by atoms with Crippen molar-refractivity contribution in [3.8, 4) is 0 Å². The number of benzene rings is 1. The minimum absolute atomic E-state index is 0.548. The third kappa shape index (κ3) is 2.95. The Balaban J connectivity index is 2.01. The number of hydrogen-bond donors (Lipinski definition) is 1. The number of rotatable bonds is 6. The molecule has 1 aliphatic rings. The highest BCUT2D eigenvalue weighted by Gasteiger charge is 2.36. The van der Waals surface area contributed by atoms with Crippen LogP contribution in [0.1, 0.15) is 56.6 Å². The summed E-state index contributed by atoms with van der Waals surface area (Å²) in [6.07, 6.45) is 6.66. The van der Waals surface area contributed by atoms with Crippen LogP contribution in [0.5, 0.6) is 0 Å². The van der Waals surface area contributed by atoms with Gasteiger partial charge in [0.05, 0.1) is 0 Å². The standard InChI is InChI=1S/C17H27N/c1-4-14(2)16-8-6-15(7-9-16)12-17(13-18-3)10-5-11-17/h6-9,14,18H,4-5,10-13H2,1-3H3. The molecule has 100 valence electrons. The van der Waals surface area contributed by atoms with E-state index in [9.17, 15) is 0 Å². The number of nitrogens with one attached hydrogen (secondary N) is 1. The van der Waals surface area contributed by atoms with Crippen molar-refractivity contribution in [3.05, 3.63) is 35.4 Å². The van der Waals surface area contributed by atoms with E-state index in [2.05, 4.69) is 50.5 Å². The van der Waals surface area contributed by atoms with E-state index < -0.39 is 0 Å². The highest BCUT2D eigenvalue weighted by molar-refractivity contribution is 5.26. The van der Waals surface area contributed by atoms with Crippen LogP contribution in [0.4, 0.5) is 0 Å². The van der Waals surface area contributed by atoms with Gasteiger partial charge in [-0.25, -0.2) is 0 Å². The summed E-state index contributed by atoms with van der Waals surface area (Å²) in [4.78, 5) is 0. The molecule has 1 saturated carbocycles. The topological polar surface area (TPSA) is 12.0 Å². The first-order chi connectivity index (χ1) is 8.69. The minimum Gasteiger partial charge on any atom is -0.319 e. The van der Waals surface area contributed by atoms with Crippen LogP contribution in [0.2, 0.25) is 0 Å². The molecule has 0 saturated heterocycles. The smallest absolute Gasteiger partial charge is 0.000799 e. The van der Waals surface area contributed by atoms with Crippen LogP contribution in [-0.2, 0) is 6.42 Å². The Labute approximate surface area is 112 Å². The van der Waals surface area contributed by atoms with E-state index >= 15 is 0 Å². The van der Waals surface area contributed by atoms with Crippen LogP contribution in [0.3, 0.4) is 0 Å². The van der Waals surface area contributed by atoms with Gasteiger partial charge < -0.3 is 5.32 Å². The van der Waals surface area contributed by atoms with E-state index in [1.54, 1.807) is 0 Å². The maximum Gasteiger partial charge on any atom is 0.000799 e. The van der Waals surface area contributed by atoms with Crippen LogP contribution in [0.15, 0.2) is 24.3 Å². The average Bonchev–Trinajstić information content (AvgIpc) is 2.36. The predicted molar refractivity (Wildman–Crippen MR) is 79.1 cm³/mol. The first-order valence-electron chi connectivity index (χ1n) is 7.42. The fourth-order valence-corrected chi connectivity index (χ4v) is 3.10. The molecule has 0 heterocycles. The Morgan fingerprint density at radius 2 is 1.89 bits per heavy atom. The summed E-state index contributed by atoms with van der Waals surface area (Å²) in [6.45, 7) is 5.73. The largest absolute Gasteiger partial charge is 0.319 e. The summed E-state index contributed by atoms with van der Waals surface area (Å²) in [5.74, 6) is 0.689. The highest BCUT2D eigenvalue weighted by atomic mass is 14.8. The summed E-state index contributed by atoms with van der Waals surface area (Å²) in [5.41, 5.74) is 3.54. The molecule has 0 radical (unpaired) electrons. The maximum atomic E-state index is 3.37. The first kappa shape index (κ1) is 13.6. The van der Waals surface area contributed by atoms with E-state index in [1.165, 1.54) is 49.8 Å². The van der Waals surface area contributed by atoms with Crippen LogP contribution >= 0.6 is 0 Å². The summed E-state index contributed by atoms with van der Waals surface area (Å²) >= 11 is 0. The first-order valence-corrected chi connectivity index (χ1v) is 7.42. The Morgan fingerprint density at radius 1 is 1.22 bits per heavy atom. The third-order valence-electron chi connectivity index (χ3n) is 4.71. The van der Waals surface area contributed by atoms with Gasteiger partial charge in [0.15, 0.2) is 0 Å². The molecular weight excluding hydrogens is 218 g/mol. The maximum absolute atomic E-state index is 3.37. The minimum atomic E-state index is 0.548. The predicted octanol–water partition coefficient (Wildman–Crippen LogP) is 4.13. The second-order valence-electron chi connectivity index (χ2n) is 6.11. The van der Waals surface area contributed by atoms with Crippen molar-refractivity contribution in [3.63, 3.8) is 0 Å². The summed E-state index contributed by atoms with van der Waals surface area (Å²) in [5, 5.41) is 3.37. The Bertz CT molecular complexity index is 362. The van der Waals surface area contributed by atoms with Gasteiger partial charge in [0, 0.05) is 6.54 Å². The van der Waals surface area contributed by atoms with Crippen molar-refractivity contribution in [1.29, 1.82) is 0 Å². The molecule has 18 heavy (non-hydrogen) atoms. The zero-order valence-electron chi connectivity index (χ0n) is 12.1. The van der Waals surface area contributed by atoms with Crippen LogP contribution in [0.25, 0.3) is 0 Å². The van der Waals surface area contributed by atoms with Crippen molar-refractivity contribution in [2.75, 3.05) is 13.6 Å². The van der Waals surface area contributed by atoms with E-state index in [1.807, 2.05) is 0 Å². The van der Waals surface area contributed by atoms with Gasteiger partial charge in [-0.15, -0.1) is 0 Å². The molecule has 0 amide bonds. The number of hydrogen-bond acceptors (Lipinski definition) is 1. The molecule has 0 aliphatic heterocycles. The van der Waals surface area contributed by atoms with Crippen LogP contribution in [0, 0.1) is 5.41 Å². The molecule has 0 aromatic heterocycles. The molecule has 1 aliphatic carbocycles. The molecular formula is C17H27N. The molecule has 0 bridgehead atoms. The van der Waals surface area contributed by atoms with E-state index in [0.29, 0.717) is 11.3 Å². The molecule has 1 N–H and O–H groups in total. The summed E-state index contributed by atoms with van der Waals surface area (Å²) < 4.78 is 0. The van der Waals surface area contributed by atoms with Gasteiger partial charge in [0.1, 0.15) is 0 Å². The van der Waals surface area contributed by atoms with Crippen molar-refractivity contribution in [2.24, 2.45) is 5.41 Å². The van der Waals surface area contributed by atoms with Gasteiger partial charge in [-0.1, -0.05) is 44.5 Å². The zero-order valence-corrected chi connectivity index (χ0v) is 12.1. The SMILES string of the molecule is CCC(C)c1ccc(CC2(CNC)CCC2)cc1. The van der Waals surface area contributed by atoms with Crippen LogP contribution in [-0.4, -0.2) is 13.6 Å². The van der Waals surface area contributed by atoms with Crippen molar-refractivity contribution in [1.82, 2.24) is 5.32 Å². The summed E-state index contributed by atoms with van der Waals surface area (Å²) in [7, 11) is 2.08. The second-order valence-corrected chi connectivity index (χ2v) is 6.11. The molecule has 1 fully saturated rings. The quantitative estimate of drug-likeness (QED) is 0.794. The lowest BCUT2D eigenvalue weighted by atomic mass is 9.65. The normalized spacial score (nSPS) is 19.3. The Kier molecular flexibility index (Phi) is 4.45. The van der Waals surface area contributed by atoms with Gasteiger partial charge in [-0.05, 0) is 55.2 Å². The monoisotopic (exact) mass is 245 g/mol. The van der Waals surface area contributed by atoms with Gasteiger partial charge in [0.2, 0.25) is 0 Å². The molecule has 1 nitrogen and oxygen atoms in total. The second kappa shape index (κ2) is 5.88. The lowest BCUT2D eigenvalue weighted by Crippen LogP contribution is -2.40. The summed E-state index contributed by atoms with van der Waals surface area (Å²) in [6, 6.07) is 9.35. The van der Waals surface area contributed by atoms with E-state index in [0.717, 1.165) is 0 Å². The molecule has 2 rings (SSSR count). The van der Waals surface area contributed by atoms with Crippen molar-refractivity contribution >= 4 is 0 Å². The fourth-order valence-electron chi connectivity index (χ4n) is 3.10. The Hall–Kier alpha value is -0.820. The fraction of sp³-hybridized carbons (Fsp3) is 0.647. The van der Waals surface area contributed by atoms with E-state index in [-0.39, 0.29) is 0 Å². The van der Waals surface area contributed by atoms with Gasteiger partial charge in [0.25, 0.3) is 0 Å². The third-order valence-corrected chi connectivity index (χ3v) is 4.71. The lowest BCUT2D eigenvalue weighted by molar-refractivity contribution is 0.133. The molecule has 1 aromatic rings.